The van der Waals surface area contributed by atoms with E-state index in [0.29, 0.717) is 5.92 Å². The van der Waals surface area contributed by atoms with Crippen molar-refractivity contribution in [3.8, 4) is 6.07 Å². The summed E-state index contributed by atoms with van der Waals surface area (Å²) in [7, 11) is 0. The molecule has 2 heteroatoms. The third-order valence-electron chi connectivity index (χ3n) is 2.55. The van der Waals surface area contributed by atoms with Gasteiger partial charge >= 0.3 is 0 Å². The maximum Gasteiger partial charge on any atom is 0.117 e. The third-order valence-corrected chi connectivity index (χ3v) is 2.55. The van der Waals surface area contributed by atoms with Gasteiger partial charge in [0.15, 0.2) is 0 Å². The van der Waals surface area contributed by atoms with Gasteiger partial charge in [0.05, 0.1) is 6.07 Å². The monoisotopic (exact) mass is 202 g/mol. The number of nitriles is 1. The molecule has 0 aliphatic rings. The lowest BCUT2D eigenvalue weighted by Gasteiger charge is -2.19. The fourth-order valence-electron chi connectivity index (χ4n) is 1.64. The Balaban J connectivity index is 2.59. The van der Waals surface area contributed by atoms with Crippen molar-refractivity contribution < 1.29 is 0 Å². The number of nitrogens with one attached hydrogen (secondary N) is 1. The van der Waals surface area contributed by atoms with E-state index in [2.05, 4.69) is 25.2 Å². The minimum Gasteiger partial charge on any atom is -0.370 e. The zero-order chi connectivity index (χ0) is 11.1. The summed E-state index contributed by atoms with van der Waals surface area (Å²) in [4.78, 5) is 0. The van der Waals surface area contributed by atoms with Crippen LogP contribution in [-0.2, 0) is 0 Å². The molecule has 1 aromatic carbocycles. The molecule has 1 N–H and O–H groups in total. The van der Waals surface area contributed by atoms with Crippen LogP contribution in [0.4, 0.5) is 5.69 Å². The van der Waals surface area contributed by atoms with E-state index < -0.39 is 0 Å². The highest BCUT2D eigenvalue weighted by molar-refractivity contribution is 5.44. The number of para-hydroxylation sites is 1. The molecule has 15 heavy (non-hydrogen) atoms. The van der Waals surface area contributed by atoms with Gasteiger partial charge in [0.2, 0.25) is 0 Å². The predicted octanol–water partition coefficient (Wildman–Crippen LogP) is 3.43. The maximum absolute atomic E-state index is 9.07. The van der Waals surface area contributed by atoms with Crippen molar-refractivity contribution in [2.75, 3.05) is 5.32 Å². The van der Waals surface area contributed by atoms with Gasteiger partial charge in [-0.3, -0.25) is 0 Å². The SMILES string of the molecule is CCCC(C)C(C#N)Nc1ccccc1. The van der Waals surface area contributed by atoms with Crippen LogP contribution in [0, 0.1) is 17.2 Å². The van der Waals surface area contributed by atoms with Gasteiger partial charge in [-0.2, -0.15) is 5.26 Å². The topological polar surface area (TPSA) is 35.8 Å². The number of hydrogen-bond donors (Lipinski definition) is 1. The molecule has 0 radical (unpaired) electrons. The molecule has 2 nitrogen and oxygen atoms in total. The van der Waals surface area contributed by atoms with Crippen LogP contribution < -0.4 is 5.32 Å². The molecule has 1 rings (SSSR count). The smallest absolute Gasteiger partial charge is 0.117 e. The van der Waals surface area contributed by atoms with Crippen molar-refractivity contribution >= 4 is 5.69 Å². The van der Waals surface area contributed by atoms with Crippen LogP contribution in [-0.4, -0.2) is 6.04 Å². The molecule has 0 spiro atoms. The molecule has 2 unspecified atom stereocenters. The highest BCUT2D eigenvalue weighted by Crippen LogP contribution is 2.15. The molecule has 0 bridgehead atoms. The Hall–Kier alpha value is -1.49. The predicted molar refractivity (Wildman–Crippen MR) is 63.5 cm³/mol. The Morgan fingerprint density at radius 1 is 1.33 bits per heavy atom. The first-order valence-electron chi connectivity index (χ1n) is 5.49. The standard InChI is InChI=1S/C13H18N2/c1-3-7-11(2)13(10-14)15-12-8-5-4-6-9-12/h4-6,8-9,11,13,15H,3,7H2,1-2H3. The van der Waals surface area contributed by atoms with Gasteiger partial charge in [-0.15, -0.1) is 0 Å². The van der Waals surface area contributed by atoms with E-state index in [0.717, 1.165) is 18.5 Å². The van der Waals surface area contributed by atoms with E-state index in [-0.39, 0.29) is 6.04 Å². The van der Waals surface area contributed by atoms with Crippen LogP contribution >= 0.6 is 0 Å². The van der Waals surface area contributed by atoms with Gasteiger partial charge in [0, 0.05) is 5.69 Å². The summed E-state index contributed by atoms with van der Waals surface area (Å²) >= 11 is 0. The molecule has 0 saturated heterocycles. The van der Waals surface area contributed by atoms with Crippen molar-refractivity contribution in [1.82, 2.24) is 0 Å². The molecule has 0 heterocycles. The summed E-state index contributed by atoms with van der Waals surface area (Å²) in [6.45, 7) is 4.26. The zero-order valence-corrected chi connectivity index (χ0v) is 9.40. The lowest BCUT2D eigenvalue weighted by Crippen LogP contribution is -2.25. The average molecular weight is 202 g/mol. The highest BCUT2D eigenvalue weighted by Gasteiger charge is 2.15. The minimum atomic E-state index is -0.0904. The summed E-state index contributed by atoms with van der Waals surface area (Å²) in [5.74, 6) is 0.389. The quantitative estimate of drug-likeness (QED) is 0.794. The Kier molecular flexibility index (Phi) is 4.70. The van der Waals surface area contributed by atoms with E-state index in [1.54, 1.807) is 0 Å². The van der Waals surface area contributed by atoms with Crippen molar-refractivity contribution in [2.45, 2.75) is 32.7 Å². The summed E-state index contributed by atoms with van der Waals surface area (Å²) in [5, 5.41) is 12.3. The second-order valence-electron chi connectivity index (χ2n) is 3.88. The van der Waals surface area contributed by atoms with Gasteiger partial charge < -0.3 is 5.32 Å². The van der Waals surface area contributed by atoms with E-state index in [9.17, 15) is 0 Å². The average Bonchev–Trinajstić information content (AvgIpc) is 2.27. The summed E-state index contributed by atoms with van der Waals surface area (Å²) in [6, 6.07) is 12.1. The summed E-state index contributed by atoms with van der Waals surface area (Å²) in [6.07, 6.45) is 2.20. The van der Waals surface area contributed by atoms with E-state index >= 15 is 0 Å². The van der Waals surface area contributed by atoms with E-state index in [4.69, 9.17) is 5.26 Å². The third kappa shape index (κ3) is 3.63. The summed E-state index contributed by atoms with van der Waals surface area (Å²) < 4.78 is 0. The first-order valence-corrected chi connectivity index (χ1v) is 5.49. The molecular weight excluding hydrogens is 184 g/mol. The molecule has 0 fully saturated rings. The Morgan fingerprint density at radius 2 is 2.00 bits per heavy atom. The van der Waals surface area contributed by atoms with Gasteiger partial charge in [-0.05, 0) is 24.5 Å². The first-order chi connectivity index (χ1) is 7.27. The fraction of sp³-hybridized carbons (Fsp3) is 0.462. The minimum absolute atomic E-state index is 0.0904. The van der Waals surface area contributed by atoms with Crippen molar-refractivity contribution in [2.24, 2.45) is 5.92 Å². The number of benzene rings is 1. The number of hydrogen-bond acceptors (Lipinski definition) is 2. The molecular formula is C13H18N2. The van der Waals surface area contributed by atoms with Crippen molar-refractivity contribution in [3.63, 3.8) is 0 Å². The van der Waals surface area contributed by atoms with Crippen LogP contribution in [0.1, 0.15) is 26.7 Å². The fourth-order valence-corrected chi connectivity index (χ4v) is 1.64. The van der Waals surface area contributed by atoms with Gasteiger partial charge in [-0.1, -0.05) is 38.5 Å². The van der Waals surface area contributed by atoms with E-state index in [1.807, 2.05) is 30.3 Å². The van der Waals surface area contributed by atoms with Crippen LogP contribution in [0.5, 0.6) is 0 Å². The second kappa shape index (κ2) is 6.08. The molecule has 1 aromatic rings. The van der Waals surface area contributed by atoms with Crippen molar-refractivity contribution in [1.29, 1.82) is 5.26 Å². The van der Waals surface area contributed by atoms with Gasteiger partial charge in [0.1, 0.15) is 6.04 Å². The first kappa shape index (κ1) is 11.6. The van der Waals surface area contributed by atoms with Gasteiger partial charge in [0.25, 0.3) is 0 Å². The zero-order valence-electron chi connectivity index (χ0n) is 9.40. The van der Waals surface area contributed by atoms with E-state index in [1.165, 1.54) is 0 Å². The maximum atomic E-state index is 9.07. The molecule has 2 atom stereocenters. The molecule has 0 saturated carbocycles. The second-order valence-corrected chi connectivity index (χ2v) is 3.88. The van der Waals surface area contributed by atoms with Gasteiger partial charge in [-0.25, -0.2) is 0 Å². The Morgan fingerprint density at radius 3 is 2.53 bits per heavy atom. The molecule has 0 aliphatic carbocycles. The molecule has 0 amide bonds. The Bertz CT molecular complexity index is 313. The molecule has 0 aromatic heterocycles. The molecule has 0 aliphatic heterocycles. The van der Waals surface area contributed by atoms with Crippen LogP contribution in [0.3, 0.4) is 0 Å². The van der Waals surface area contributed by atoms with Crippen molar-refractivity contribution in [3.05, 3.63) is 30.3 Å². The van der Waals surface area contributed by atoms with Crippen LogP contribution in [0.15, 0.2) is 30.3 Å². The Labute approximate surface area is 91.9 Å². The normalized spacial score (nSPS) is 13.9. The highest BCUT2D eigenvalue weighted by atomic mass is 14.9. The number of rotatable bonds is 5. The molecule has 80 valence electrons. The lowest BCUT2D eigenvalue weighted by molar-refractivity contribution is 0.500. The largest absolute Gasteiger partial charge is 0.370 e. The number of anilines is 1. The van der Waals surface area contributed by atoms with Crippen LogP contribution in [0.2, 0.25) is 0 Å². The number of nitrogens with zero attached hydrogens (tertiary/aromatic N) is 1. The summed E-state index contributed by atoms with van der Waals surface area (Å²) in [5.41, 5.74) is 1.02. The van der Waals surface area contributed by atoms with Crippen LogP contribution in [0.25, 0.3) is 0 Å². The lowest BCUT2D eigenvalue weighted by atomic mass is 9.98.